The van der Waals surface area contributed by atoms with E-state index in [0.717, 1.165) is 11.8 Å². The van der Waals surface area contributed by atoms with Crippen molar-refractivity contribution in [3.63, 3.8) is 0 Å². The third-order valence-electron chi connectivity index (χ3n) is 0.719. The Kier molecular flexibility index (Phi) is 4.75. The topological polar surface area (TPSA) is 57.5 Å². The van der Waals surface area contributed by atoms with Crippen molar-refractivity contribution in [2.45, 2.75) is 12.2 Å². The largest absolute Gasteiger partial charge is 0.395 e. The fraction of sp³-hybridized carbons (Fsp3) is 0.800. The first-order chi connectivity index (χ1) is 4.20. The number of thioether (sulfide) groups is 1. The van der Waals surface area contributed by atoms with Gasteiger partial charge in [-0.2, -0.15) is 0 Å². The second kappa shape index (κ2) is 4.78. The molecule has 0 aliphatic carbocycles. The first kappa shape index (κ1) is 8.94. The third kappa shape index (κ3) is 4.44. The molecule has 0 fully saturated rings. The Morgan fingerprint density at radius 1 is 1.67 bits per heavy atom. The highest BCUT2D eigenvalue weighted by atomic mass is 32.2. The zero-order valence-electron chi connectivity index (χ0n) is 5.20. The predicted octanol–water partition coefficient (Wildman–Crippen LogP) is -0.381. The Bertz CT molecular complexity index is 94.2. The molecule has 1 unspecified atom stereocenters. The van der Waals surface area contributed by atoms with Gasteiger partial charge in [0.1, 0.15) is 6.61 Å². The maximum absolute atomic E-state index is 10.4. The van der Waals surface area contributed by atoms with Crippen molar-refractivity contribution in [1.29, 1.82) is 0 Å². The van der Waals surface area contributed by atoms with E-state index in [2.05, 4.69) is 0 Å². The van der Waals surface area contributed by atoms with E-state index in [4.69, 9.17) is 10.2 Å². The average molecular weight is 150 g/mol. The Labute approximate surface area is 58.1 Å². The van der Waals surface area contributed by atoms with Crippen LogP contribution >= 0.6 is 11.8 Å². The normalized spacial score (nSPS) is 13.2. The van der Waals surface area contributed by atoms with Crippen LogP contribution in [0.15, 0.2) is 0 Å². The van der Waals surface area contributed by atoms with Crippen LogP contribution in [-0.4, -0.2) is 33.8 Å². The van der Waals surface area contributed by atoms with Gasteiger partial charge in [-0.15, -0.1) is 0 Å². The fourth-order valence-corrected chi connectivity index (χ4v) is 0.897. The third-order valence-corrected chi connectivity index (χ3v) is 1.66. The quantitative estimate of drug-likeness (QED) is 0.575. The van der Waals surface area contributed by atoms with Gasteiger partial charge in [-0.25, -0.2) is 0 Å². The molecule has 0 aromatic rings. The summed E-state index contributed by atoms with van der Waals surface area (Å²) in [6.45, 7) is 1.24. The van der Waals surface area contributed by atoms with E-state index in [-0.39, 0.29) is 17.0 Å². The molecule has 4 heteroatoms. The Morgan fingerprint density at radius 3 is 2.56 bits per heavy atom. The maximum Gasteiger partial charge on any atom is 0.214 e. The van der Waals surface area contributed by atoms with E-state index in [1.807, 2.05) is 0 Å². The van der Waals surface area contributed by atoms with Crippen LogP contribution in [0.3, 0.4) is 0 Å². The van der Waals surface area contributed by atoms with Crippen LogP contribution in [0.1, 0.15) is 6.92 Å². The molecule has 0 amide bonds. The molecule has 54 valence electrons. The van der Waals surface area contributed by atoms with Gasteiger partial charge in [0.25, 0.3) is 0 Å². The number of carbonyl (C=O) groups excluding carboxylic acids is 1. The molecule has 0 bridgehead atoms. The minimum absolute atomic E-state index is 0.0313. The van der Waals surface area contributed by atoms with Gasteiger partial charge in [-0.1, -0.05) is 18.7 Å². The molecule has 0 rings (SSSR count). The lowest BCUT2D eigenvalue weighted by Gasteiger charge is -2.02. The molecule has 0 aliphatic heterocycles. The highest BCUT2D eigenvalue weighted by Crippen LogP contribution is 2.09. The van der Waals surface area contributed by atoms with Gasteiger partial charge in [0.05, 0.1) is 6.61 Å². The van der Waals surface area contributed by atoms with Crippen molar-refractivity contribution in [3.05, 3.63) is 0 Å². The second-order valence-electron chi connectivity index (χ2n) is 1.64. The monoisotopic (exact) mass is 150 g/mol. The van der Waals surface area contributed by atoms with E-state index >= 15 is 0 Å². The zero-order valence-corrected chi connectivity index (χ0v) is 6.02. The molecule has 0 aliphatic rings. The first-order valence-electron chi connectivity index (χ1n) is 2.62. The van der Waals surface area contributed by atoms with Gasteiger partial charge in [-0.05, 0) is 0 Å². The van der Waals surface area contributed by atoms with Crippen LogP contribution in [0.25, 0.3) is 0 Å². The van der Waals surface area contributed by atoms with Crippen molar-refractivity contribution < 1.29 is 15.0 Å². The summed E-state index contributed by atoms with van der Waals surface area (Å²) >= 11 is 0.961. The molecule has 0 aromatic heterocycles. The highest BCUT2D eigenvalue weighted by Gasteiger charge is 2.05. The Hall–Kier alpha value is -0.0600. The van der Waals surface area contributed by atoms with E-state index in [1.165, 1.54) is 0 Å². The zero-order chi connectivity index (χ0) is 7.28. The number of aliphatic hydroxyl groups is 2. The summed E-state index contributed by atoms with van der Waals surface area (Å²) in [5, 5.41) is 16.2. The lowest BCUT2D eigenvalue weighted by molar-refractivity contribution is -0.113. The number of rotatable bonds is 3. The van der Waals surface area contributed by atoms with Crippen LogP contribution < -0.4 is 0 Å². The van der Waals surface area contributed by atoms with E-state index in [0.29, 0.717) is 0 Å². The molecular formula is C5H10O3S. The smallest absolute Gasteiger partial charge is 0.214 e. The minimum atomic E-state index is -0.449. The fourth-order valence-electron chi connectivity index (χ4n) is 0.299. The SMILES string of the molecule is CC(CO)SC(=O)CO. The van der Waals surface area contributed by atoms with E-state index in [1.54, 1.807) is 6.92 Å². The number of aliphatic hydroxyl groups excluding tert-OH is 2. The summed E-state index contributed by atoms with van der Waals surface area (Å²) < 4.78 is 0. The van der Waals surface area contributed by atoms with Crippen LogP contribution in [0.4, 0.5) is 0 Å². The number of hydrogen-bond donors (Lipinski definition) is 2. The molecule has 9 heavy (non-hydrogen) atoms. The van der Waals surface area contributed by atoms with Gasteiger partial charge in [0, 0.05) is 5.25 Å². The van der Waals surface area contributed by atoms with E-state index < -0.39 is 6.61 Å². The van der Waals surface area contributed by atoms with Gasteiger partial charge in [0.2, 0.25) is 5.12 Å². The van der Waals surface area contributed by atoms with Crippen LogP contribution in [0.2, 0.25) is 0 Å². The molecule has 0 spiro atoms. The van der Waals surface area contributed by atoms with Crippen LogP contribution in [0, 0.1) is 0 Å². The standard InChI is InChI=1S/C5H10O3S/c1-4(2-6)9-5(8)3-7/h4,6-7H,2-3H2,1H3. The molecular weight excluding hydrogens is 140 g/mol. The summed E-state index contributed by atoms with van der Waals surface area (Å²) in [7, 11) is 0. The highest BCUT2D eigenvalue weighted by molar-refractivity contribution is 8.14. The molecule has 0 radical (unpaired) electrons. The summed E-state index contributed by atoms with van der Waals surface area (Å²) in [5.41, 5.74) is 0. The van der Waals surface area contributed by atoms with Crippen molar-refractivity contribution >= 4 is 16.9 Å². The summed E-state index contributed by atoms with van der Waals surface area (Å²) in [5.74, 6) is 0. The van der Waals surface area contributed by atoms with Gasteiger partial charge in [0.15, 0.2) is 0 Å². The maximum atomic E-state index is 10.4. The molecule has 0 heterocycles. The molecule has 3 nitrogen and oxygen atoms in total. The molecule has 2 N–H and O–H groups in total. The number of hydrogen-bond acceptors (Lipinski definition) is 4. The van der Waals surface area contributed by atoms with Gasteiger partial charge >= 0.3 is 0 Å². The second-order valence-corrected chi connectivity index (χ2v) is 3.14. The molecule has 0 saturated heterocycles. The average Bonchev–Trinajstić information content (AvgIpc) is 1.87. The molecule has 1 atom stereocenters. The van der Waals surface area contributed by atoms with Crippen molar-refractivity contribution in [2.75, 3.05) is 13.2 Å². The number of carbonyl (C=O) groups is 1. The van der Waals surface area contributed by atoms with Crippen molar-refractivity contribution in [1.82, 2.24) is 0 Å². The summed E-state index contributed by atoms with van der Waals surface area (Å²) in [6, 6.07) is 0. The summed E-state index contributed by atoms with van der Waals surface area (Å²) in [6.07, 6.45) is 0. The molecule has 0 saturated carbocycles. The minimum Gasteiger partial charge on any atom is -0.395 e. The molecule has 0 aromatic carbocycles. The van der Waals surface area contributed by atoms with Crippen LogP contribution in [-0.2, 0) is 4.79 Å². The van der Waals surface area contributed by atoms with Crippen LogP contribution in [0.5, 0.6) is 0 Å². The Balaban J connectivity index is 3.34. The summed E-state index contributed by atoms with van der Waals surface area (Å²) in [4.78, 5) is 10.4. The predicted molar refractivity (Wildman–Crippen MR) is 36.2 cm³/mol. The van der Waals surface area contributed by atoms with Crippen molar-refractivity contribution in [3.8, 4) is 0 Å². The lowest BCUT2D eigenvalue weighted by Crippen LogP contribution is -2.08. The van der Waals surface area contributed by atoms with Crippen molar-refractivity contribution in [2.24, 2.45) is 0 Å². The first-order valence-corrected chi connectivity index (χ1v) is 3.50. The van der Waals surface area contributed by atoms with Gasteiger partial charge < -0.3 is 10.2 Å². The van der Waals surface area contributed by atoms with E-state index in [9.17, 15) is 4.79 Å². The lowest BCUT2D eigenvalue weighted by atomic mass is 10.5. The Morgan fingerprint density at radius 2 is 2.22 bits per heavy atom. The van der Waals surface area contributed by atoms with Gasteiger partial charge in [-0.3, -0.25) is 4.79 Å².